The highest BCUT2D eigenvalue weighted by atomic mass is 127. The van der Waals surface area contributed by atoms with E-state index in [4.69, 9.17) is 4.74 Å². The highest BCUT2D eigenvalue weighted by Gasteiger charge is 2.19. The molecule has 0 amide bonds. The lowest BCUT2D eigenvalue weighted by Gasteiger charge is -2.23. The number of nitrogens with one attached hydrogen (secondary N) is 1. The Kier molecular flexibility index (Phi) is 5.27. The van der Waals surface area contributed by atoms with Crippen molar-refractivity contribution in [3.05, 3.63) is 61.7 Å². The Labute approximate surface area is 141 Å². The van der Waals surface area contributed by atoms with Crippen LogP contribution in [0.4, 0.5) is 0 Å². The number of hydrogen-bond acceptors (Lipinski definition) is 2. The first-order chi connectivity index (χ1) is 9.99. The summed E-state index contributed by atoms with van der Waals surface area (Å²) in [5.74, 6) is 0.949. The van der Waals surface area contributed by atoms with Gasteiger partial charge in [-0.05, 0) is 84.3 Å². The molecular formula is C18H22INO. The molecule has 0 aliphatic heterocycles. The molecule has 0 fully saturated rings. The SMILES string of the molecule is CNC(c1cc(C)c(OC)cc1C)c1cccc(C)c1I. The van der Waals surface area contributed by atoms with E-state index in [1.807, 2.05) is 7.05 Å². The number of rotatable bonds is 4. The van der Waals surface area contributed by atoms with E-state index in [0.717, 1.165) is 5.75 Å². The molecule has 0 aromatic heterocycles. The normalized spacial score (nSPS) is 12.3. The van der Waals surface area contributed by atoms with Crippen molar-refractivity contribution in [1.82, 2.24) is 5.32 Å². The minimum Gasteiger partial charge on any atom is -0.496 e. The molecule has 0 saturated carbocycles. The molecule has 0 heterocycles. The summed E-state index contributed by atoms with van der Waals surface area (Å²) in [6.45, 7) is 6.39. The maximum atomic E-state index is 5.42. The van der Waals surface area contributed by atoms with Gasteiger partial charge in [0.15, 0.2) is 0 Å². The van der Waals surface area contributed by atoms with Crippen molar-refractivity contribution in [2.75, 3.05) is 14.2 Å². The minimum absolute atomic E-state index is 0.196. The molecule has 2 rings (SSSR count). The fourth-order valence-corrected chi connectivity index (χ4v) is 3.39. The van der Waals surface area contributed by atoms with Crippen molar-refractivity contribution < 1.29 is 4.74 Å². The van der Waals surface area contributed by atoms with Crippen molar-refractivity contribution >= 4 is 22.6 Å². The standard InChI is InChI=1S/C18H22INO/c1-11-7-6-8-14(17(11)19)18(20-4)15-9-13(3)16(21-5)10-12(15)2/h6-10,18,20H,1-5H3. The molecular weight excluding hydrogens is 373 g/mol. The summed E-state index contributed by atoms with van der Waals surface area (Å²) in [7, 11) is 3.74. The molecule has 3 heteroatoms. The second-order valence-corrected chi connectivity index (χ2v) is 6.46. The molecule has 0 aliphatic carbocycles. The van der Waals surface area contributed by atoms with Gasteiger partial charge in [-0.2, -0.15) is 0 Å². The first-order valence-corrected chi connectivity index (χ1v) is 8.14. The first kappa shape index (κ1) is 16.3. The topological polar surface area (TPSA) is 21.3 Å². The van der Waals surface area contributed by atoms with Crippen LogP contribution in [0.2, 0.25) is 0 Å². The molecule has 21 heavy (non-hydrogen) atoms. The van der Waals surface area contributed by atoms with Crippen molar-refractivity contribution in [2.24, 2.45) is 0 Å². The maximum absolute atomic E-state index is 5.42. The minimum atomic E-state index is 0.196. The van der Waals surface area contributed by atoms with Gasteiger partial charge in [0.1, 0.15) is 5.75 Å². The van der Waals surface area contributed by atoms with Crippen molar-refractivity contribution in [3.8, 4) is 5.75 Å². The fourth-order valence-electron chi connectivity index (χ4n) is 2.71. The molecule has 0 aliphatic rings. The number of ether oxygens (including phenoxy) is 1. The fraction of sp³-hybridized carbons (Fsp3) is 0.333. The third kappa shape index (κ3) is 3.24. The third-order valence-corrected chi connectivity index (χ3v) is 5.39. The second-order valence-electron chi connectivity index (χ2n) is 5.38. The van der Waals surface area contributed by atoms with Crippen molar-refractivity contribution in [3.63, 3.8) is 0 Å². The molecule has 2 aromatic rings. The number of methoxy groups -OCH3 is 1. The monoisotopic (exact) mass is 395 g/mol. The van der Waals surface area contributed by atoms with Crippen LogP contribution < -0.4 is 10.1 Å². The van der Waals surface area contributed by atoms with Crippen molar-refractivity contribution in [1.29, 1.82) is 0 Å². The third-order valence-electron chi connectivity index (χ3n) is 3.92. The average molecular weight is 395 g/mol. The Bertz CT molecular complexity index is 652. The zero-order valence-corrected chi connectivity index (χ0v) is 15.4. The van der Waals surface area contributed by atoms with Crippen molar-refractivity contribution in [2.45, 2.75) is 26.8 Å². The van der Waals surface area contributed by atoms with Gasteiger partial charge in [0.25, 0.3) is 0 Å². The zero-order valence-electron chi connectivity index (χ0n) is 13.3. The van der Waals surface area contributed by atoms with Gasteiger partial charge in [-0.25, -0.2) is 0 Å². The van der Waals surface area contributed by atoms with Gasteiger partial charge in [-0.1, -0.05) is 24.3 Å². The van der Waals surface area contributed by atoms with Crippen LogP contribution in [0.25, 0.3) is 0 Å². The summed E-state index contributed by atoms with van der Waals surface area (Å²) in [6, 6.07) is 11.0. The zero-order chi connectivity index (χ0) is 15.6. The van der Waals surface area contributed by atoms with Gasteiger partial charge < -0.3 is 10.1 Å². The van der Waals surface area contributed by atoms with E-state index < -0.39 is 0 Å². The van der Waals surface area contributed by atoms with Gasteiger partial charge in [0.05, 0.1) is 13.2 Å². The van der Waals surface area contributed by atoms with Crippen LogP contribution in [0.15, 0.2) is 30.3 Å². The quantitative estimate of drug-likeness (QED) is 0.768. The van der Waals surface area contributed by atoms with Crippen LogP contribution in [-0.2, 0) is 0 Å². The first-order valence-electron chi connectivity index (χ1n) is 7.07. The Balaban J connectivity index is 2.57. The molecule has 1 atom stereocenters. The smallest absolute Gasteiger partial charge is 0.122 e. The lowest BCUT2D eigenvalue weighted by molar-refractivity contribution is 0.411. The van der Waals surface area contributed by atoms with E-state index >= 15 is 0 Å². The summed E-state index contributed by atoms with van der Waals surface area (Å²) in [5, 5.41) is 3.46. The molecule has 112 valence electrons. The predicted molar refractivity (Wildman–Crippen MR) is 97.3 cm³/mol. The van der Waals surface area contributed by atoms with E-state index in [1.165, 1.54) is 31.4 Å². The summed E-state index contributed by atoms with van der Waals surface area (Å²) in [4.78, 5) is 0. The lowest BCUT2D eigenvalue weighted by atomic mass is 9.92. The van der Waals surface area contributed by atoms with Crippen LogP contribution in [0.3, 0.4) is 0 Å². The highest BCUT2D eigenvalue weighted by Crippen LogP contribution is 2.32. The molecule has 0 radical (unpaired) electrons. The van der Waals surface area contributed by atoms with E-state index in [1.54, 1.807) is 7.11 Å². The van der Waals surface area contributed by atoms with E-state index in [9.17, 15) is 0 Å². The molecule has 0 spiro atoms. The molecule has 0 saturated heterocycles. The maximum Gasteiger partial charge on any atom is 0.122 e. The Hall–Kier alpha value is -1.07. The Morgan fingerprint density at radius 1 is 1.00 bits per heavy atom. The number of benzene rings is 2. The van der Waals surface area contributed by atoms with E-state index in [0.29, 0.717) is 0 Å². The van der Waals surface area contributed by atoms with E-state index in [2.05, 4.69) is 79.0 Å². The molecule has 2 nitrogen and oxygen atoms in total. The molecule has 0 bridgehead atoms. The number of halogens is 1. The number of aryl methyl sites for hydroxylation is 3. The Morgan fingerprint density at radius 3 is 2.33 bits per heavy atom. The van der Waals surface area contributed by atoms with Gasteiger partial charge in [0.2, 0.25) is 0 Å². The molecule has 2 aromatic carbocycles. The van der Waals surface area contributed by atoms with Crippen LogP contribution in [0.5, 0.6) is 5.75 Å². The van der Waals surface area contributed by atoms with Gasteiger partial charge >= 0.3 is 0 Å². The average Bonchev–Trinajstić information content (AvgIpc) is 2.47. The molecule has 1 N–H and O–H groups in total. The lowest BCUT2D eigenvalue weighted by Crippen LogP contribution is -2.20. The summed E-state index contributed by atoms with van der Waals surface area (Å²) in [5.41, 5.74) is 6.36. The van der Waals surface area contributed by atoms with Gasteiger partial charge in [0, 0.05) is 3.57 Å². The predicted octanol–water partition coefficient (Wildman–Crippen LogP) is 4.53. The summed E-state index contributed by atoms with van der Waals surface area (Å²) < 4.78 is 6.74. The van der Waals surface area contributed by atoms with Gasteiger partial charge in [-0.15, -0.1) is 0 Å². The van der Waals surface area contributed by atoms with Gasteiger partial charge in [-0.3, -0.25) is 0 Å². The van der Waals surface area contributed by atoms with Crippen LogP contribution in [0, 0.1) is 24.3 Å². The van der Waals surface area contributed by atoms with Crippen LogP contribution in [0.1, 0.15) is 33.9 Å². The Morgan fingerprint density at radius 2 is 1.71 bits per heavy atom. The number of hydrogen-bond donors (Lipinski definition) is 1. The van der Waals surface area contributed by atoms with E-state index in [-0.39, 0.29) is 6.04 Å². The largest absolute Gasteiger partial charge is 0.496 e. The second kappa shape index (κ2) is 6.79. The summed E-state index contributed by atoms with van der Waals surface area (Å²) in [6.07, 6.45) is 0. The van der Waals surface area contributed by atoms with Crippen LogP contribution >= 0.6 is 22.6 Å². The highest BCUT2D eigenvalue weighted by molar-refractivity contribution is 14.1. The summed E-state index contributed by atoms with van der Waals surface area (Å²) >= 11 is 2.44. The van der Waals surface area contributed by atoms with Crippen LogP contribution in [-0.4, -0.2) is 14.2 Å². The molecule has 1 unspecified atom stereocenters.